The van der Waals surface area contributed by atoms with Gasteiger partial charge in [-0.25, -0.2) is 0 Å². The summed E-state index contributed by atoms with van der Waals surface area (Å²) in [6, 6.07) is 2.27. The predicted octanol–water partition coefficient (Wildman–Crippen LogP) is 2.76. The molecule has 2 atom stereocenters. The van der Waals surface area contributed by atoms with Gasteiger partial charge in [0.05, 0.1) is 0 Å². The van der Waals surface area contributed by atoms with Crippen molar-refractivity contribution in [2.24, 2.45) is 11.7 Å². The van der Waals surface area contributed by atoms with Crippen molar-refractivity contribution in [3.63, 3.8) is 0 Å². The van der Waals surface area contributed by atoms with E-state index in [1.807, 2.05) is 7.05 Å². The topological polar surface area (TPSA) is 38.0 Å². The molecule has 1 heterocycles. The first-order chi connectivity index (χ1) is 6.69. The summed E-state index contributed by atoms with van der Waals surface area (Å²) in [5.74, 6) is 0.519. The van der Waals surface area contributed by atoms with E-state index < -0.39 is 0 Å². The van der Waals surface area contributed by atoms with Crippen LogP contribution in [0.3, 0.4) is 0 Å². The molecule has 4 heteroatoms. The zero-order valence-corrected chi connectivity index (χ0v) is 11.0. The maximum atomic E-state index is 6.20. The van der Waals surface area contributed by atoms with Crippen LogP contribution in [-0.4, -0.2) is 13.6 Å². The number of hydrogen-bond donors (Lipinski definition) is 2. The molecule has 0 radical (unpaired) electrons. The van der Waals surface area contributed by atoms with Crippen LogP contribution in [0, 0.1) is 5.92 Å². The molecule has 0 aliphatic carbocycles. The standard InChI is InChI=1S/C10H17BrN2S/c1-3-7(5-13-2)10(12)9-4-8(11)6-14-9/h4,6-7,10,13H,3,5,12H2,1-2H3. The summed E-state index contributed by atoms with van der Waals surface area (Å²) in [5, 5.41) is 5.27. The van der Waals surface area contributed by atoms with Crippen LogP contribution in [0.15, 0.2) is 15.9 Å². The Labute approximate surface area is 98.0 Å². The summed E-state index contributed by atoms with van der Waals surface area (Å²) in [4.78, 5) is 1.26. The van der Waals surface area contributed by atoms with Crippen molar-refractivity contribution in [3.05, 3.63) is 20.8 Å². The lowest BCUT2D eigenvalue weighted by atomic mass is 9.96. The number of nitrogens with one attached hydrogen (secondary N) is 1. The Hall–Kier alpha value is 0.1000. The van der Waals surface area contributed by atoms with E-state index in [0.29, 0.717) is 5.92 Å². The minimum absolute atomic E-state index is 0.156. The fraction of sp³-hybridized carbons (Fsp3) is 0.600. The normalized spacial score (nSPS) is 15.4. The largest absolute Gasteiger partial charge is 0.323 e. The molecule has 14 heavy (non-hydrogen) atoms. The summed E-state index contributed by atoms with van der Waals surface area (Å²) in [6.07, 6.45) is 1.11. The Balaban J connectivity index is 2.66. The van der Waals surface area contributed by atoms with Crippen molar-refractivity contribution in [2.75, 3.05) is 13.6 Å². The molecule has 0 saturated carbocycles. The summed E-state index contributed by atoms with van der Waals surface area (Å²) >= 11 is 5.18. The van der Waals surface area contributed by atoms with Gasteiger partial charge in [0, 0.05) is 20.8 Å². The molecule has 2 nitrogen and oxygen atoms in total. The van der Waals surface area contributed by atoms with Crippen LogP contribution in [0.5, 0.6) is 0 Å². The maximum absolute atomic E-state index is 6.20. The van der Waals surface area contributed by atoms with E-state index in [9.17, 15) is 0 Å². The van der Waals surface area contributed by atoms with Crippen molar-refractivity contribution >= 4 is 27.3 Å². The second-order valence-electron chi connectivity index (χ2n) is 3.42. The van der Waals surface area contributed by atoms with Gasteiger partial charge in [-0.15, -0.1) is 11.3 Å². The third kappa shape index (κ3) is 3.05. The number of rotatable bonds is 5. The fourth-order valence-corrected chi connectivity index (χ4v) is 3.06. The Kier molecular flexibility index (Phi) is 5.09. The third-order valence-electron chi connectivity index (χ3n) is 2.41. The van der Waals surface area contributed by atoms with E-state index in [1.165, 1.54) is 4.88 Å². The molecule has 0 fully saturated rings. The van der Waals surface area contributed by atoms with Gasteiger partial charge in [0.15, 0.2) is 0 Å². The van der Waals surface area contributed by atoms with Crippen LogP contribution in [0.4, 0.5) is 0 Å². The minimum atomic E-state index is 0.156. The van der Waals surface area contributed by atoms with E-state index in [0.717, 1.165) is 17.4 Å². The molecule has 1 rings (SSSR count). The van der Waals surface area contributed by atoms with E-state index in [1.54, 1.807) is 11.3 Å². The minimum Gasteiger partial charge on any atom is -0.323 e. The molecule has 0 aliphatic heterocycles. The Bertz CT molecular complexity index is 275. The quantitative estimate of drug-likeness (QED) is 0.868. The molecule has 1 aromatic heterocycles. The van der Waals surface area contributed by atoms with Crippen LogP contribution in [0.25, 0.3) is 0 Å². The Morgan fingerprint density at radius 3 is 2.79 bits per heavy atom. The zero-order chi connectivity index (χ0) is 10.6. The van der Waals surface area contributed by atoms with Crippen molar-refractivity contribution in [3.8, 4) is 0 Å². The number of nitrogens with two attached hydrogens (primary N) is 1. The molecular weight excluding hydrogens is 260 g/mol. The van der Waals surface area contributed by atoms with E-state index in [4.69, 9.17) is 5.73 Å². The molecule has 0 amide bonds. The monoisotopic (exact) mass is 276 g/mol. The molecule has 0 aliphatic rings. The highest BCUT2D eigenvalue weighted by Crippen LogP contribution is 2.29. The molecule has 1 aromatic rings. The van der Waals surface area contributed by atoms with Gasteiger partial charge in [-0.05, 0) is 41.5 Å². The van der Waals surface area contributed by atoms with Crippen molar-refractivity contribution in [2.45, 2.75) is 19.4 Å². The molecule has 2 unspecified atom stereocenters. The average Bonchev–Trinajstić information content (AvgIpc) is 2.60. The number of halogens is 1. The first kappa shape index (κ1) is 12.2. The van der Waals surface area contributed by atoms with Gasteiger partial charge in [-0.2, -0.15) is 0 Å². The lowest BCUT2D eigenvalue weighted by Gasteiger charge is -2.21. The van der Waals surface area contributed by atoms with Gasteiger partial charge >= 0.3 is 0 Å². The van der Waals surface area contributed by atoms with Crippen molar-refractivity contribution in [1.29, 1.82) is 0 Å². The molecule has 0 saturated heterocycles. The van der Waals surface area contributed by atoms with Gasteiger partial charge in [-0.3, -0.25) is 0 Å². The molecule has 0 spiro atoms. The van der Waals surface area contributed by atoms with Crippen LogP contribution >= 0.6 is 27.3 Å². The molecule has 0 bridgehead atoms. The van der Waals surface area contributed by atoms with Crippen LogP contribution in [0.2, 0.25) is 0 Å². The number of thiophene rings is 1. The summed E-state index contributed by atoms with van der Waals surface area (Å²) in [5.41, 5.74) is 6.20. The SMILES string of the molecule is CCC(CNC)C(N)c1cc(Br)cs1. The lowest BCUT2D eigenvalue weighted by Crippen LogP contribution is -2.28. The predicted molar refractivity (Wildman–Crippen MR) is 66.7 cm³/mol. The van der Waals surface area contributed by atoms with Gasteiger partial charge in [0.1, 0.15) is 0 Å². The highest BCUT2D eigenvalue weighted by Gasteiger charge is 2.18. The Morgan fingerprint density at radius 2 is 2.36 bits per heavy atom. The first-order valence-electron chi connectivity index (χ1n) is 4.83. The van der Waals surface area contributed by atoms with Crippen LogP contribution < -0.4 is 11.1 Å². The van der Waals surface area contributed by atoms with Gasteiger partial charge in [0.25, 0.3) is 0 Å². The summed E-state index contributed by atoms with van der Waals surface area (Å²) in [6.45, 7) is 3.16. The Morgan fingerprint density at radius 1 is 1.64 bits per heavy atom. The highest BCUT2D eigenvalue weighted by molar-refractivity contribution is 9.10. The smallest absolute Gasteiger partial charge is 0.0430 e. The molecule has 0 aromatic carbocycles. The summed E-state index contributed by atoms with van der Waals surface area (Å²) in [7, 11) is 1.97. The number of hydrogen-bond acceptors (Lipinski definition) is 3. The maximum Gasteiger partial charge on any atom is 0.0430 e. The fourth-order valence-electron chi connectivity index (χ4n) is 1.52. The molecular formula is C10H17BrN2S. The second kappa shape index (κ2) is 5.85. The lowest BCUT2D eigenvalue weighted by molar-refractivity contribution is 0.407. The first-order valence-corrected chi connectivity index (χ1v) is 6.50. The van der Waals surface area contributed by atoms with Crippen LogP contribution in [0.1, 0.15) is 24.3 Å². The van der Waals surface area contributed by atoms with E-state index in [-0.39, 0.29) is 6.04 Å². The van der Waals surface area contributed by atoms with Gasteiger partial charge < -0.3 is 11.1 Å². The van der Waals surface area contributed by atoms with Crippen molar-refractivity contribution < 1.29 is 0 Å². The van der Waals surface area contributed by atoms with Crippen LogP contribution in [-0.2, 0) is 0 Å². The highest BCUT2D eigenvalue weighted by atomic mass is 79.9. The second-order valence-corrected chi connectivity index (χ2v) is 5.28. The van der Waals surface area contributed by atoms with Crippen molar-refractivity contribution in [1.82, 2.24) is 5.32 Å². The van der Waals surface area contributed by atoms with E-state index in [2.05, 4.69) is 39.6 Å². The molecule has 3 N–H and O–H groups in total. The third-order valence-corrected chi connectivity index (χ3v) is 4.21. The molecule has 80 valence electrons. The van der Waals surface area contributed by atoms with Gasteiger partial charge in [-0.1, -0.05) is 13.3 Å². The summed E-state index contributed by atoms with van der Waals surface area (Å²) < 4.78 is 1.13. The van der Waals surface area contributed by atoms with Gasteiger partial charge in [0.2, 0.25) is 0 Å². The van der Waals surface area contributed by atoms with E-state index >= 15 is 0 Å². The zero-order valence-electron chi connectivity index (χ0n) is 8.59. The average molecular weight is 277 g/mol.